The van der Waals surface area contributed by atoms with Gasteiger partial charge in [-0.2, -0.15) is 11.8 Å². The highest BCUT2D eigenvalue weighted by Gasteiger charge is 2.24. The lowest BCUT2D eigenvalue weighted by Gasteiger charge is -2.21. The van der Waals surface area contributed by atoms with Crippen LogP contribution in [0.15, 0.2) is 0 Å². The van der Waals surface area contributed by atoms with Crippen molar-refractivity contribution in [2.75, 3.05) is 25.1 Å². The van der Waals surface area contributed by atoms with Gasteiger partial charge in [-0.15, -0.1) is 0 Å². The highest BCUT2D eigenvalue weighted by atomic mass is 32.2. The molecule has 0 saturated carbocycles. The second kappa shape index (κ2) is 12.5. The third kappa shape index (κ3) is 11.4. The number of nitrogens with one attached hydrogen (secondary N) is 3. The van der Waals surface area contributed by atoms with Crippen LogP contribution in [0.5, 0.6) is 0 Å². The monoisotopic (exact) mass is 376 g/mol. The second-order valence-corrected chi connectivity index (χ2v) is 6.95. The van der Waals surface area contributed by atoms with E-state index in [0.717, 1.165) is 0 Å². The first-order valence-electron chi connectivity index (χ1n) is 7.98. The number of carboxylic acids is 1. The minimum atomic E-state index is -1.18. The first-order valence-corrected chi connectivity index (χ1v) is 9.37. The molecule has 0 rings (SSSR count). The Kier molecular flexibility index (Phi) is 11.6. The minimum Gasteiger partial charge on any atom is -0.480 e. The Labute approximate surface area is 151 Å². The van der Waals surface area contributed by atoms with Gasteiger partial charge in [-0.1, -0.05) is 13.8 Å². The van der Waals surface area contributed by atoms with E-state index in [1.54, 1.807) is 0 Å². The van der Waals surface area contributed by atoms with Gasteiger partial charge >= 0.3 is 5.97 Å². The van der Waals surface area contributed by atoms with Crippen molar-refractivity contribution >= 4 is 35.5 Å². The number of hydrogen-bond acceptors (Lipinski definition) is 6. The van der Waals surface area contributed by atoms with Crippen molar-refractivity contribution in [3.05, 3.63) is 0 Å². The fraction of sp³-hybridized carbons (Fsp3) is 0.733. The Morgan fingerprint density at radius 2 is 1.72 bits per heavy atom. The summed E-state index contributed by atoms with van der Waals surface area (Å²) in [5.41, 5.74) is 5.82. The number of hydrogen-bond donors (Lipinski definition) is 5. The summed E-state index contributed by atoms with van der Waals surface area (Å²) >= 11 is 1.52. The Hall–Kier alpha value is -1.81. The minimum absolute atomic E-state index is 0.247. The van der Waals surface area contributed by atoms with Crippen LogP contribution in [0.4, 0.5) is 0 Å². The van der Waals surface area contributed by atoms with E-state index in [0.29, 0.717) is 18.6 Å². The predicted molar refractivity (Wildman–Crippen MR) is 96.0 cm³/mol. The van der Waals surface area contributed by atoms with Crippen LogP contribution in [0.3, 0.4) is 0 Å². The van der Waals surface area contributed by atoms with Crippen molar-refractivity contribution in [2.24, 2.45) is 11.7 Å². The van der Waals surface area contributed by atoms with E-state index >= 15 is 0 Å². The van der Waals surface area contributed by atoms with Crippen LogP contribution in [0.25, 0.3) is 0 Å². The lowest BCUT2D eigenvalue weighted by Crippen LogP contribution is -2.53. The maximum Gasteiger partial charge on any atom is 0.322 e. The average Bonchev–Trinajstić information content (AvgIpc) is 2.53. The number of rotatable bonds is 12. The van der Waals surface area contributed by atoms with Crippen LogP contribution >= 0.6 is 11.8 Å². The van der Waals surface area contributed by atoms with Gasteiger partial charge in [-0.05, 0) is 30.8 Å². The molecule has 3 amide bonds. The van der Waals surface area contributed by atoms with Gasteiger partial charge in [0.25, 0.3) is 0 Å². The molecule has 0 aromatic rings. The van der Waals surface area contributed by atoms with E-state index in [9.17, 15) is 19.2 Å². The lowest BCUT2D eigenvalue weighted by molar-refractivity contribution is -0.138. The SMILES string of the molecule is CSCCC(NC(=O)C(N)CC(C)C)C(=O)NCC(=O)NCC(=O)O. The number of nitrogens with two attached hydrogens (primary N) is 1. The first kappa shape index (κ1) is 23.2. The summed E-state index contributed by atoms with van der Waals surface area (Å²) in [6.07, 6.45) is 2.77. The molecule has 0 aliphatic rings. The highest BCUT2D eigenvalue weighted by Crippen LogP contribution is 2.05. The molecule has 144 valence electrons. The van der Waals surface area contributed by atoms with Crippen LogP contribution in [-0.2, 0) is 19.2 Å². The summed E-state index contributed by atoms with van der Waals surface area (Å²) in [7, 11) is 0. The Balaban J connectivity index is 4.57. The zero-order valence-electron chi connectivity index (χ0n) is 14.8. The molecule has 0 bridgehead atoms. The number of carbonyl (C=O) groups excluding carboxylic acids is 3. The van der Waals surface area contributed by atoms with E-state index in [4.69, 9.17) is 10.8 Å². The molecule has 0 aliphatic carbocycles. The van der Waals surface area contributed by atoms with Crippen molar-refractivity contribution in [2.45, 2.75) is 38.8 Å². The van der Waals surface area contributed by atoms with Crippen molar-refractivity contribution in [3.8, 4) is 0 Å². The van der Waals surface area contributed by atoms with Gasteiger partial charge in [0.15, 0.2) is 0 Å². The van der Waals surface area contributed by atoms with E-state index in [2.05, 4.69) is 16.0 Å². The molecular weight excluding hydrogens is 348 g/mol. The molecule has 0 aromatic carbocycles. The summed E-state index contributed by atoms with van der Waals surface area (Å²) in [4.78, 5) is 46.1. The number of carbonyl (C=O) groups is 4. The van der Waals surface area contributed by atoms with Gasteiger partial charge in [0.05, 0.1) is 12.6 Å². The lowest BCUT2D eigenvalue weighted by atomic mass is 10.0. The maximum atomic E-state index is 12.2. The summed E-state index contributed by atoms with van der Waals surface area (Å²) in [6.45, 7) is 3.00. The van der Waals surface area contributed by atoms with Crippen LogP contribution < -0.4 is 21.7 Å². The quantitative estimate of drug-likeness (QED) is 0.290. The zero-order chi connectivity index (χ0) is 19.4. The van der Waals surface area contributed by atoms with E-state index in [-0.39, 0.29) is 12.5 Å². The Morgan fingerprint density at radius 3 is 2.24 bits per heavy atom. The van der Waals surface area contributed by atoms with E-state index in [1.165, 1.54) is 11.8 Å². The molecule has 2 unspecified atom stereocenters. The van der Waals surface area contributed by atoms with Gasteiger partial charge in [0.1, 0.15) is 12.6 Å². The molecule has 0 spiro atoms. The number of aliphatic carboxylic acids is 1. The molecule has 25 heavy (non-hydrogen) atoms. The van der Waals surface area contributed by atoms with Crippen molar-refractivity contribution < 1.29 is 24.3 Å². The number of amides is 3. The summed E-state index contributed by atoms with van der Waals surface area (Å²) in [5, 5.41) is 15.6. The molecule has 0 aromatic heterocycles. The number of carboxylic acid groups (broad SMARTS) is 1. The van der Waals surface area contributed by atoms with Gasteiger partial charge in [0.2, 0.25) is 17.7 Å². The molecule has 0 aliphatic heterocycles. The normalized spacial score (nSPS) is 13.0. The Bertz CT molecular complexity index is 473. The highest BCUT2D eigenvalue weighted by molar-refractivity contribution is 7.98. The first-order chi connectivity index (χ1) is 11.7. The number of thioether (sulfide) groups is 1. The van der Waals surface area contributed by atoms with Crippen molar-refractivity contribution in [1.29, 1.82) is 0 Å². The molecule has 0 fully saturated rings. The zero-order valence-corrected chi connectivity index (χ0v) is 15.6. The third-order valence-electron chi connectivity index (χ3n) is 3.17. The second-order valence-electron chi connectivity index (χ2n) is 5.97. The van der Waals surface area contributed by atoms with Gasteiger partial charge < -0.3 is 26.8 Å². The summed E-state index contributed by atoms with van der Waals surface area (Å²) < 4.78 is 0. The summed E-state index contributed by atoms with van der Waals surface area (Å²) in [5.74, 6) is -1.83. The van der Waals surface area contributed by atoms with Crippen LogP contribution in [0.1, 0.15) is 26.7 Å². The van der Waals surface area contributed by atoms with Crippen LogP contribution in [0.2, 0.25) is 0 Å². The van der Waals surface area contributed by atoms with E-state index < -0.39 is 42.3 Å². The molecule has 6 N–H and O–H groups in total. The molecule has 0 heterocycles. The van der Waals surface area contributed by atoms with Crippen LogP contribution in [-0.4, -0.2) is 66.0 Å². The third-order valence-corrected chi connectivity index (χ3v) is 3.81. The Morgan fingerprint density at radius 1 is 1.08 bits per heavy atom. The summed E-state index contributed by atoms with van der Waals surface area (Å²) in [6, 6.07) is -1.51. The van der Waals surface area contributed by atoms with Gasteiger partial charge in [0, 0.05) is 0 Å². The van der Waals surface area contributed by atoms with E-state index in [1.807, 2.05) is 20.1 Å². The fourth-order valence-electron chi connectivity index (χ4n) is 1.93. The maximum absolute atomic E-state index is 12.2. The molecule has 0 radical (unpaired) electrons. The fourth-order valence-corrected chi connectivity index (χ4v) is 2.40. The van der Waals surface area contributed by atoms with Gasteiger partial charge in [-0.25, -0.2) is 0 Å². The molecule has 0 saturated heterocycles. The average molecular weight is 376 g/mol. The van der Waals surface area contributed by atoms with Crippen LogP contribution in [0, 0.1) is 5.92 Å². The standard InChI is InChI=1S/C15H28N4O5S/c1-9(2)6-10(16)14(23)19-11(4-5-25-3)15(24)18-7-12(20)17-8-13(21)22/h9-11H,4-8,16H2,1-3H3,(H,17,20)(H,18,24)(H,19,23)(H,21,22). The predicted octanol–water partition coefficient (Wildman–Crippen LogP) is -1.09. The molecular formula is C15H28N4O5S. The largest absolute Gasteiger partial charge is 0.480 e. The molecule has 9 nitrogen and oxygen atoms in total. The van der Waals surface area contributed by atoms with Crippen molar-refractivity contribution in [1.82, 2.24) is 16.0 Å². The van der Waals surface area contributed by atoms with Gasteiger partial charge in [-0.3, -0.25) is 19.2 Å². The topological polar surface area (TPSA) is 151 Å². The molecule has 10 heteroatoms. The molecule has 2 atom stereocenters. The smallest absolute Gasteiger partial charge is 0.322 e. The van der Waals surface area contributed by atoms with Crippen molar-refractivity contribution in [3.63, 3.8) is 0 Å².